The Morgan fingerprint density at radius 1 is 1.18 bits per heavy atom. The number of alkyl halides is 3. The molecular formula is C23H28F3NO10S. The van der Waals surface area contributed by atoms with Crippen molar-refractivity contribution in [3.63, 3.8) is 0 Å². The van der Waals surface area contributed by atoms with Crippen LogP contribution in [0, 0.1) is 6.92 Å². The van der Waals surface area contributed by atoms with Gasteiger partial charge in [0.1, 0.15) is 18.3 Å². The molecular weight excluding hydrogens is 539 g/mol. The zero-order valence-electron chi connectivity index (χ0n) is 20.8. The highest BCUT2D eigenvalue weighted by Crippen LogP contribution is 2.46. The lowest BCUT2D eigenvalue weighted by Crippen LogP contribution is -2.68. The topological polar surface area (TPSA) is 158 Å². The number of thioether (sulfide) groups is 1. The van der Waals surface area contributed by atoms with Crippen LogP contribution in [0.4, 0.5) is 13.2 Å². The third kappa shape index (κ3) is 7.82. The molecule has 0 spiro atoms. The Kier molecular flexibility index (Phi) is 10.5. The van der Waals surface area contributed by atoms with Gasteiger partial charge in [0.25, 0.3) is 0 Å². The van der Waals surface area contributed by atoms with Gasteiger partial charge in [-0.15, -0.1) is 0 Å². The summed E-state index contributed by atoms with van der Waals surface area (Å²) in [5, 5.41) is 21.6. The number of carbonyl (C=O) groups is 4. The molecule has 0 saturated carbocycles. The van der Waals surface area contributed by atoms with Gasteiger partial charge in [-0.25, -0.2) is 4.79 Å². The molecule has 6 atom stereocenters. The molecule has 0 radical (unpaired) electrons. The molecule has 11 nitrogen and oxygen atoms in total. The molecule has 1 amide bonds. The third-order valence-electron chi connectivity index (χ3n) is 5.42. The minimum Gasteiger partial charge on any atom is -0.466 e. The standard InChI is InChI=1S/C23H28F3NO10S/c1-11-5-7-14(8-6-11)38-22(21(33)34-4)9-16(35-12(2)29)17(27-20(32)23(24,25)26)19(37-22)18(15(31)10-28)36-13(3)30/h5-8,15-19,28,31H,9-10H2,1-4H3,(H,27,32)/t15-,16+,17-,18-,19-,22+/m1/s1. The second-order valence-corrected chi connectivity index (χ2v) is 9.75. The van der Waals surface area contributed by atoms with Crippen molar-refractivity contribution >= 4 is 35.6 Å². The highest BCUT2D eigenvalue weighted by Gasteiger charge is 2.59. The van der Waals surface area contributed by atoms with Crippen LogP contribution < -0.4 is 5.32 Å². The summed E-state index contributed by atoms with van der Waals surface area (Å²) in [4.78, 5) is 47.1. The van der Waals surface area contributed by atoms with Crippen molar-refractivity contribution in [2.75, 3.05) is 13.7 Å². The molecule has 1 aromatic carbocycles. The Bertz CT molecular complexity index is 1020. The molecule has 212 valence electrons. The zero-order chi connectivity index (χ0) is 28.8. The molecule has 0 unspecified atom stereocenters. The van der Waals surface area contributed by atoms with Gasteiger partial charge >= 0.3 is 30.0 Å². The number of rotatable bonds is 9. The van der Waals surface area contributed by atoms with Gasteiger partial charge in [-0.3, -0.25) is 14.4 Å². The van der Waals surface area contributed by atoms with Gasteiger partial charge in [-0.2, -0.15) is 13.2 Å². The van der Waals surface area contributed by atoms with Gasteiger partial charge in [0.05, 0.1) is 19.8 Å². The molecule has 0 aromatic heterocycles. The number of aryl methyl sites for hydroxylation is 1. The second-order valence-electron chi connectivity index (χ2n) is 8.42. The Morgan fingerprint density at radius 3 is 2.26 bits per heavy atom. The van der Waals surface area contributed by atoms with Crippen molar-refractivity contribution in [2.24, 2.45) is 0 Å². The third-order valence-corrected chi connectivity index (χ3v) is 6.68. The van der Waals surface area contributed by atoms with E-state index >= 15 is 0 Å². The van der Waals surface area contributed by atoms with Gasteiger partial charge in [-0.05, 0) is 19.1 Å². The number of esters is 3. The predicted octanol–water partition coefficient (Wildman–Crippen LogP) is 1.01. The average molecular weight is 568 g/mol. The number of hydrogen-bond donors (Lipinski definition) is 3. The molecule has 2 rings (SSSR count). The summed E-state index contributed by atoms with van der Waals surface area (Å²) in [6, 6.07) is 4.76. The van der Waals surface area contributed by atoms with Crippen LogP contribution in [0.3, 0.4) is 0 Å². The minimum atomic E-state index is -5.38. The van der Waals surface area contributed by atoms with Crippen LogP contribution in [0.5, 0.6) is 0 Å². The molecule has 0 aliphatic carbocycles. The quantitative estimate of drug-likeness (QED) is 0.289. The Hall–Kier alpha value is -2.88. The van der Waals surface area contributed by atoms with Crippen molar-refractivity contribution < 1.29 is 61.5 Å². The number of carbonyl (C=O) groups excluding carboxylic acids is 4. The van der Waals surface area contributed by atoms with Crippen LogP contribution in [0.15, 0.2) is 29.2 Å². The van der Waals surface area contributed by atoms with Crippen LogP contribution in [0.1, 0.15) is 25.8 Å². The second kappa shape index (κ2) is 12.8. The van der Waals surface area contributed by atoms with Crippen LogP contribution in [0.2, 0.25) is 0 Å². The molecule has 1 aromatic rings. The van der Waals surface area contributed by atoms with Crippen molar-refractivity contribution in [2.45, 2.75) is 73.7 Å². The number of nitrogens with one attached hydrogen (secondary N) is 1. The fourth-order valence-corrected chi connectivity index (χ4v) is 5.03. The SMILES string of the molecule is COC(=O)[C@@]1(Sc2ccc(C)cc2)C[C@H](OC(C)=O)[C@@H](NC(=O)C(F)(F)F)[C@H]([C@H](OC(C)=O)[C@H](O)CO)O1. The summed E-state index contributed by atoms with van der Waals surface area (Å²) in [5.41, 5.74) is 0.873. The monoisotopic (exact) mass is 567 g/mol. The molecule has 3 N–H and O–H groups in total. The van der Waals surface area contributed by atoms with Crippen molar-refractivity contribution in [3.8, 4) is 0 Å². The summed E-state index contributed by atoms with van der Waals surface area (Å²) >= 11 is 0.762. The normalized spacial score (nSPS) is 25.0. The Labute approximate surface area is 219 Å². The summed E-state index contributed by atoms with van der Waals surface area (Å²) in [6.45, 7) is 2.63. The fourth-order valence-electron chi connectivity index (χ4n) is 3.80. The van der Waals surface area contributed by atoms with E-state index in [9.17, 15) is 42.6 Å². The van der Waals surface area contributed by atoms with E-state index in [4.69, 9.17) is 18.9 Å². The predicted molar refractivity (Wildman–Crippen MR) is 123 cm³/mol. The zero-order valence-corrected chi connectivity index (χ0v) is 21.6. The number of halogens is 3. The lowest BCUT2D eigenvalue weighted by Gasteiger charge is -2.48. The maximum Gasteiger partial charge on any atom is 0.471 e. The van der Waals surface area contributed by atoms with Gasteiger partial charge in [-0.1, -0.05) is 29.5 Å². The van der Waals surface area contributed by atoms with Crippen molar-refractivity contribution in [1.29, 1.82) is 0 Å². The number of aliphatic hydroxyl groups excluding tert-OH is 2. The molecule has 1 heterocycles. The molecule has 1 aliphatic rings. The maximum atomic E-state index is 13.2. The van der Waals surface area contributed by atoms with E-state index in [1.165, 1.54) is 0 Å². The lowest BCUT2D eigenvalue weighted by atomic mass is 9.89. The highest BCUT2D eigenvalue weighted by atomic mass is 32.2. The van der Waals surface area contributed by atoms with E-state index in [1.807, 2.05) is 6.92 Å². The van der Waals surface area contributed by atoms with Gasteiger partial charge in [0, 0.05) is 25.2 Å². The Morgan fingerprint density at radius 2 is 1.79 bits per heavy atom. The number of benzene rings is 1. The molecule has 1 fully saturated rings. The van der Waals surface area contributed by atoms with E-state index in [2.05, 4.69) is 0 Å². The number of hydrogen-bond acceptors (Lipinski definition) is 11. The molecule has 1 saturated heterocycles. The maximum absolute atomic E-state index is 13.2. The molecule has 1 aliphatic heterocycles. The average Bonchev–Trinajstić information content (AvgIpc) is 2.83. The first-order valence-corrected chi connectivity index (χ1v) is 12.0. The van der Waals surface area contributed by atoms with Gasteiger partial charge < -0.3 is 34.5 Å². The van der Waals surface area contributed by atoms with E-state index < -0.39 is 78.4 Å². The molecule has 0 bridgehead atoms. The Balaban J connectivity index is 2.72. The molecule has 15 heteroatoms. The fraction of sp³-hybridized carbons (Fsp3) is 0.565. The van der Waals surface area contributed by atoms with Crippen molar-refractivity contribution in [1.82, 2.24) is 5.32 Å². The molecule has 38 heavy (non-hydrogen) atoms. The number of methoxy groups -OCH3 is 1. The highest BCUT2D eigenvalue weighted by molar-refractivity contribution is 8.01. The first-order chi connectivity index (χ1) is 17.6. The first-order valence-electron chi connectivity index (χ1n) is 11.2. The summed E-state index contributed by atoms with van der Waals surface area (Å²) in [5.74, 6) is -5.51. The van der Waals surface area contributed by atoms with Gasteiger partial charge in [0.15, 0.2) is 6.10 Å². The van der Waals surface area contributed by atoms with E-state index in [-0.39, 0.29) is 0 Å². The largest absolute Gasteiger partial charge is 0.471 e. The summed E-state index contributed by atoms with van der Waals surface area (Å²) in [6.07, 6.45) is -13.5. The number of amides is 1. The van der Waals surface area contributed by atoms with Crippen LogP contribution in [-0.2, 0) is 38.1 Å². The van der Waals surface area contributed by atoms with Crippen LogP contribution in [-0.4, -0.2) is 89.3 Å². The lowest BCUT2D eigenvalue weighted by molar-refractivity contribution is -0.222. The smallest absolute Gasteiger partial charge is 0.466 e. The minimum absolute atomic E-state index is 0.436. The van der Waals surface area contributed by atoms with Gasteiger partial charge in [0.2, 0.25) is 4.93 Å². The number of aliphatic hydroxyl groups is 2. The van der Waals surface area contributed by atoms with Crippen LogP contribution >= 0.6 is 11.8 Å². The van der Waals surface area contributed by atoms with Crippen molar-refractivity contribution in [3.05, 3.63) is 29.8 Å². The van der Waals surface area contributed by atoms with E-state index in [0.29, 0.717) is 4.90 Å². The van der Waals surface area contributed by atoms with Crippen LogP contribution in [0.25, 0.3) is 0 Å². The first kappa shape index (κ1) is 31.3. The van der Waals surface area contributed by atoms with E-state index in [1.54, 1.807) is 29.6 Å². The summed E-state index contributed by atoms with van der Waals surface area (Å²) in [7, 11) is 1.02. The summed E-state index contributed by atoms with van der Waals surface area (Å²) < 4.78 is 60.7. The van der Waals surface area contributed by atoms with E-state index in [0.717, 1.165) is 38.3 Å². The number of ether oxygens (including phenoxy) is 4.